The van der Waals surface area contributed by atoms with E-state index in [0.717, 1.165) is 25.1 Å². The van der Waals surface area contributed by atoms with Gasteiger partial charge in [0.05, 0.1) is 0 Å². The molecular formula is C10H17NO2. The van der Waals surface area contributed by atoms with E-state index in [-0.39, 0.29) is 6.61 Å². The molecule has 0 aliphatic heterocycles. The van der Waals surface area contributed by atoms with Crippen LogP contribution >= 0.6 is 0 Å². The van der Waals surface area contributed by atoms with E-state index in [9.17, 15) is 0 Å². The van der Waals surface area contributed by atoms with Crippen LogP contribution in [-0.4, -0.2) is 30.6 Å². The quantitative estimate of drug-likeness (QED) is 0.746. The van der Waals surface area contributed by atoms with Crippen molar-refractivity contribution >= 4 is 0 Å². The summed E-state index contributed by atoms with van der Waals surface area (Å²) in [6, 6.07) is 3.76. The van der Waals surface area contributed by atoms with Gasteiger partial charge in [0.15, 0.2) is 0 Å². The molecule has 1 N–H and O–H groups in total. The van der Waals surface area contributed by atoms with Gasteiger partial charge in [0.2, 0.25) is 0 Å². The van der Waals surface area contributed by atoms with Crippen LogP contribution in [0, 0.1) is 0 Å². The first-order chi connectivity index (χ1) is 6.22. The first-order valence-electron chi connectivity index (χ1n) is 4.55. The van der Waals surface area contributed by atoms with E-state index in [0.29, 0.717) is 5.76 Å². The van der Waals surface area contributed by atoms with Gasteiger partial charge in [-0.25, -0.2) is 0 Å². The van der Waals surface area contributed by atoms with Crippen molar-refractivity contribution < 1.29 is 9.52 Å². The Kier molecular flexibility index (Phi) is 3.99. The van der Waals surface area contributed by atoms with Crippen molar-refractivity contribution in [2.75, 3.05) is 20.6 Å². The average Bonchev–Trinajstić information content (AvgIpc) is 2.52. The maximum atomic E-state index is 8.76. The number of hydrogen-bond acceptors (Lipinski definition) is 3. The topological polar surface area (TPSA) is 36.6 Å². The summed E-state index contributed by atoms with van der Waals surface area (Å²) in [5, 5.41) is 8.76. The summed E-state index contributed by atoms with van der Waals surface area (Å²) >= 11 is 0. The average molecular weight is 183 g/mol. The molecule has 0 spiro atoms. The van der Waals surface area contributed by atoms with Gasteiger partial charge in [0.25, 0.3) is 0 Å². The highest BCUT2D eigenvalue weighted by Crippen LogP contribution is 2.09. The Morgan fingerprint density at radius 3 is 2.54 bits per heavy atom. The van der Waals surface area contributed by atoms with Crippen molar-refractivity contribution in [2.45, 2.75) is 19.4 Å². The molecule has 0 saturated carbocycles. The Bertz CT molecular complexity index is 243. The van der Waals surface area contributed by atoms with Crippen molar-refractivity contribution in [1.82, 2.24) is 4.90 Å². The largest absolute Gasteiger partial charge is 0.464 e. The number of rotatable bonds is 5. The van der Waals surface area contributed by atoms with Crippen molar-refractivity contribution in [1.29, 1.82) is 0 Å². The molecule has 1 rings (SSSR count). The van der Waals surface area contributed by atoms with Gasteiger partial charge in [0, 0.05) is 6.42 Å². The van der Waals surface area contributed by atoms with Crippen LogP contribution in [0.25, 0.3) is 0 Å². The fourth-order valence-corrected chi connectivity index (χ4v) is 1.21. The maximum Gasteiger partial charge on any atom is 0.129 e. The first kappa shape index (κ1) is 10.3. The molecule has 0 bridgehead atoms. The lowest BCUT2D eigenvalue weighted by Crippen LogP contribution is -2.13. The van der Waals surface area contributed by atoms with E-state index in [1.54, 1.807) is 0 Å². The van der Waals surface area contributed by atoms with E-state index in [1.165, 1.54) is 0 Å². The second-order valence-electron chi connectivity index (χ2n) is 3.43. The molecular weight excluding hydrogens is 166 g/mol. The molecule has 0 aromatic carbocycles. The normalized spacial score (nSPS) is 11.1. The summed E-state index contributed by atoms with van der Waals surface area (Å²) in [5.74, 6) is 1.62. The molecule has 0 atom stereocenters. The SMILES string of the molecule is CN(C)CCCc1ccc(CO)o1. The zero-order valence-electron chi connectivity index (χ0n) is 8.29. The highest BCUT2D eigenvalue weighted by Gasteiger charge is 2.00. The molecule has 0 amide bonds. The maximum absolute atomic E-state index is 8.76. The van der Waals surface area contributed by atoms with Crippen LogP contribution in [0.4, 0.5) is 0 Å². The van der Waals surface area contributed by atoms with Gasteiger partial charge in [-0.3, -0.25) is 0 Å². The van der Waals surface area contributed by atoms with Crippen LogP contribution in [-0.2, 0) is 13.0 Å². The molecule has 1 aromatic rings. The summed E-state index contributed by atoms with van der Waals surface area (Å²) in [5.41, 5.74) is 0. The Hall–Kier alpha value is -0.800. The smallest absolute Gasteiger partial charge is 0.129 e. The molecule has 0 saturated heterocycles. The minimum Gasteiger partial charge on any atom is -0.464 e. The summed E-state index contributed by atoms with van der Waals surface area (Å²) < 4.78 is 5.35. The van der Waals surface area contributed by atoms with Gasteiger partial charge in [-0.2, -0.15) is 0 Å². The predicted molar refractivity (Wildman–Crippen MR) is 51.5 cm³/mol. The number of aryl methyl sites for hydroxylation is 1. The molecule has 1 heterocycles. The lowest BCUT2D eigenvalue weighted by atomic mass is 10.2. The number of aliphatic hydroxyl groups excluding tert-OH is 1. The van der Waals surface area contributed by atoms with E-state index in [4.69, 9.17) is 9.52 Å². The predicted octanol–water partition coefficient (Wildman–Crippen LogP) is 1.27. The van der Waals surface area contributed by atoms with Gasteiger partial charge in [-0.05, 0) is 39.2 Å². The molecule has 3 heteroatoms. The fourth-order valence-electron chi connectivity index (χ4n) is 1.21. The summed E-state index contributed by atoms with van der Waals surface area (Å²) in [7, 11) is 4.11. The second kappa shape index (κ2) is 5.04. The summed E-state index contributed by atoms with van der Waals surface area (Å²) in [6.07, 6.45) is 2.03. The monoisotopic (exact) mass is 183 g/mol. The fraction of sp³-hybridized carbons (Fsp3) is 0.600. The molecule has 74 valence electrons. The number of furan rings is 1. The van der Waals surface area contributed by atoms with Crippen LogP contribution in [0.5, 0.6) is 0 Å². The van der Waals surface area contributed by atoms with Crippen molar-refractivity contribution in [3.63, 3.8) is 0 Å². The Morgan fingerprint density at radius 2 is 2.00 bits per heavy atom. The number of hydrogen-bond donors (Lipinski definition) is 1. The highest BCUT2D eigenvalue weighted by molar-refractivity contribution is 5.06. The Balaban J connectivity index is 2.28. The van der Waals surface area contributed by atoms with E-state index in [2.05, 4.69) is 19.0 Å². The van der Waals surface area contributed by atoms with E-state index in [1.807, 2.05) is 12.1 Å². The molecule has 0 aliphatic carbocycles. The third-order valence-corrected chi connectivity index (χ3v) is 1.90. The van der Waals surface area contributed by atoms with Crippen LogP contribution in [0.2, 0.25) is 0 Å². The van der Waals surface area contributed by atoms with Gasteiger partial charge in [-0.1, -0.05) is 0 Å². The standard InChI is InChI=1S/C10H17NO2/c1-11(2)7-3-4-9-5-6-10(8-12)13-9/h5-6,12H,3-4,7-8H2,1-2H3. The van der Waals surface area contributed by atoms with Crippen molar-refractivity contribution in [3.8, 4) is 0 Å². The van der Waals surface area contributed by atoms with Gasteiger partial charge in [-0.15, -0.1) is 0 Å². The minimum absolute atomic E-state index is 0.00627. The third-order valence-electron chi connectivity index (χ3n) is 1.90. The first-order valence-corrected chi connectivity index (χ1v) is 4.55. The highest BCUT2D eigenvalue weighted by atomic mass is 16.4. The number of aliphatic hydroxyl groups is 1. The van der Waals surface area contributed by atoms with E-state index < -0.39 is 0 Å². The van der Waals surface area contributed by atoms with Gasteiger partial charge < -0.3 is 14.4 Å². The van der Waals surface area contributed by atoms with Crippen LogP contribution in [0.15, 0.2) is 16.5 Å². The summed E-state index contributed by atoms with van der Waals surface area (Å²) in [4.78, 5) is 2.15. The van der Waals surface area contributed by atoms with Gasteiger partial charge in [0.1, 0.15) is 18.1 Å². The minimum atomic E-state index is -0.00627. The lowest BCUT2D eigenvalue weighted by Gasteiger charge is -2.07. The molecule has 0 radical (unpaired) electrons. The van der Waals surface area contributed by atoms with Crippen molar-refractivity contribution in [2.24, 2.45) is 0 Å². The Labute approximate surface area is 79.0 Å². The third kappa shape index (κ3) is 3.61. The molecule has 1 aromatic heterocycles. The lowest BCUT2D eigenvalue weighted by molar-refractivity contribution is 0.243. The van der Waals surface area contributed by atoms with Crippen LogP contribution in [0.3, 0.4) is 0 Å². The van der Waals surface area contributed by atoms with Gasteiger partial charge >= 0.3 is 0 Å². The number of nitrogens with zero attached hydrogens (tertiary/aromatic N) is 1. The second-order valence-corrected chi connectivity index (χ2v) is 3.43. The zero-order chi connectivity index (χ0) is 9.68. The van der Waals surface area contributed by atoms with Crippen LogP contribution in [0.1, 0.15) is 17.9 Å². The Morgan fingerprint density at radius 1 is 1.31 bits per heavy atom. The molecule has 0 fully saturated rings. The van der Waals surface area contributed by atoms with Crippen LogP contribution < -0.4 is 0 Å². The molecule has 0 unspecified atom stereocenters. The molecule has 13 heavy (non-hydrogen) atoms. The summed E-state index contributed by atoms with van der Waals surface area (Å²) in [6.45, 7) is 1.06. The van der Waals surface area contributed by atoms with Crippen molar-refractivity contribution in [3.05, 3.63) is 23.7 Å². The molecule has 3 nitrogen and oxygen atoms in total. The molecule has 0 aliphatic rings. The zero-order valence-corrected chi connectivity index (χ0v) is 8.29. The van der Waals surface area contributed by atoms with E-state index >= 15 is 0 Å².